The monoisotopic (exact) mass is 493 g/mol. The van der Waals surface area contributed by atoms with E-state index in [0.29, 0.717) is 49.6 Å². The van der Waals surface area contributed by atoms with Crippen molar-refractivity contribution in [2.45, 2.75) is 43.4 Å². The summed E-state index contributed by atoms with van der Waals surface area (Å²) in [5, 5.41) is 11.1. The maximum atomic E-state index is 15.4. The lowest BCUT2D eigenvalue weighted by Gasteiger charge is -2.48. The molecule has 2 saturated heterocycles. The largest absolute Gasteiger partial charge is 0.394 e. The van der Waals surface area contributed by atoms with Gasteiger partial charge < -0.3 is 14.7 Å². The van der Waals surface area contributed by atoms with E-state index in [0.717, 1.165) is 23.7 Å². The van der Waals surface area contributed by atoms with Gasteiger partial charge in [0.1, 0.15) is 18.2 Å². The van der Waals surface area contributed by atoms with E-state index >= 15 is 8.78 Å². The van der Waals surface area contributed by atoms with E-state index in [4.69, 9.17) is 4.74 Å². The van der Waals surface area contributed by atoms with Crippen LogP contribution in [0.4, 0.5) is 8.78 Å². The Hall–Kier alpha value is -2.94. The summed E-state index contributed by atoms with van der Waals surface area (Å²) in [7, 11) is 0. The van der Waals surface area contributed by atoms with Crippen molar-refractivity contribution in [2.75, 3.05) is 32.8 Å². The number of hydrogen-bond donors (Lipinski definition) is 1. The second-order valence-electron chi connectivity index (χ2n) is 10.2. The molecule has 0 radical (unpaired) electrons. The molecule has 6 nitrogen and oxygen atoms in total. The summed E-state index contributed by atoms with van der Waals surface area (Å²) < 4.78 is 36.8. The molecule has 3 aromatic rings. The van der Waals surface area contributed by atoms with E-state index < -0.39 is 29.9 Å². The standard InChI is InChI=1S/C28H29F2N3O3/c29-22-12-20(19-4-3-18-2-1-9-31-24(18)14-19)13-23(30)27(22)25(15-34)32-10-7-28(8-11-32)17-33(21-5-6-21)26(35)16-36-28/h1-4,9,12-14,21,25,34H,5-8,10-11,15-17H2. The van der Waals surface area contributed by atoms with Crippen LogP contribution in [0.3, 0.4) is 0 Å². The number of likely N-dealkylation sites (tertiary alicyclic amines) is 1. The van der Waals surface area contributed by atoms with E-state index in [1.807, 2.05) is 40.1 Å². The summed E-state index contributed by atoms with van der Waals surface area (Å²) in [6.07, 6.45) is 5.07. The molecule has 36 heavy (non-hydrogen) atoms. The van der Waals surface area contributed by atoms with Crippen LogP contribution in [0.1, 0.15) is 37.3 Å². The summed E-state index contributed by atoms with van der Waals surface area (Å²) in [6, 6.07) is 11.5. The number of halogens is 2. The zero-order chi connectivity index (χ0) is 24.9. The fraction of sp³-hybridized carbons (Fsp3) is 0.429. The van der Waals surface area contributed by atoms with Crippen molar-refractivity contribution < 1.29 is 23.4 Å². The number of carbonyl (C=O) groups excluding carboxylic acids is 1. The van der Waals surface area contributed by atoms with E-state index in [2.05, 4.69) is 4.98 Å². The molecule has 1 N–H and O–H groups in total. The van der Waals surface area contributed by atoms with Gasteiger partial charge in [0.2, 0.25) is 5.91 Å². The van der Waals surface area contributed by atoms with Crippen LogP contribution in [0.15, 0.2) is 48.7 Å². The van der Waals surface area contributed by atoms with Crippen LogP contribution in [0, 0.1) is 11.6 Å². The van der Waals surface area contributed by atoms with Crippen molar-refractivity contribution in [3.05, 3.63) is 65.9 Å². The van der Waals surface area contributed by atoms with Gasteiger partial charge in [-0.2, -0.15) is 0 Å². The Bertz CT molecular complexity index is 1280. The van der Waals surface area contributed by atoms with Gasteiger partial charge in [-0.1, -0.05) is 18.2 Å². The molecule has 1 amide bonds. The van der Waals surface area contributed by atoms with Gasteiger partial charge in [0.05, 0.1) is 30.3 Å². The van der Waals surface area contributed by atoms with Crippen LogP contribution < -0.4 is 0 Å². The van der Waals surface area contributed by atoms with Gasteiger partial charge in [-0.25, -0.2) is 8.78 Å². The van der Waals surface area contributed by atoms with E-state index in [1.54, 1.807) is 6.20 Å². The molecule has 1 saturated carbocycles. The molecule has 188 valence electrons. The Morgan fingerprint density at radius 3 is 2.53 bits per heavy atom. The predicted octanol–water partition coefficient (Wildman–Crippen LogP) is 4.07. The molecule has 8 heteroatoms. The molecule has 1 unspecified atom stereocenters. The van der Waals surface area contributed by atoms with Crippen molar-refractivity contribution in [1.29, 1.82) is 0 Å². The Morgan fingerprint density at radius 2 is 1.83 bits per heavy atom. The van der Waals surface area contributed by atoms with Gasteiger partial charge in [0.15, 0.2) is 0 Å². The summed E-state index contributed by atoms with van der Waals surface area (Å²) in [6.45, 7) is 1.32. The molecule has 1 spiro atoms. The molecule has 1 atom stereocenters. The Labute approximate surface area is 208 Å². The average molecular weight is 494 g/mol. The minimum absolute atomic E-state index is 0.0465. The highest BCUT2D eigenvalue weighted by Crippen LogP contribution is 2.39. The maximum Gasteiger partial charge on any atom is 0.248 e. The molecule has 0 bridgehead atoms. The minimum Gasteiger partial charge on any atom is -0.394 e. The lowest BCUT2D eigenvalue weighted by molar-refractivity contribution is -0.174. The number of aliphatic hydroxyl groups excluding tert-OH is 1. The molecular weight excluding hydrogens is 464 g/mol. The first-order valence-corrected chi connectivity index (χ1v) is 12.6. The SMILES string of the molecule is O=C1COC2(CCN(C(CO)c3c(F)cc(-c4ccc5cccnc5c4)cc3F)CC2)CN1C1CC1. The van der Waals surface area contributed by atoms with Crippen LogP contribution >= 0.6 is 0 Å². The minimum atomic E-state index is -0.792. The number of pyridine rings is 1. The molecule has 2 aliphatic heterocycles. The predicted molar refractivity (Wildman–Crippen MR) is 131 cm³/mol. The van der Waals surface area contributed by atoms with E-state index in [-0.39, 0.29) is 18.1 Å². The number of rotatable bonds is 5. The van der Waals surface area contributed by atoms with Gasteiger partial charge in [-0.15, -0.1) is 0 Å². The van der Waals surface area contributed by atoms with Crippen LogP contribution in [-0.4, -0.2) is 70.3 Å². The van der Waals surface area contributed by atoms with Gasteiger partial charge >= 0.3 is 0 Å². The topological polar surface area (TPSA) is 65.9 Å². The smallest absolute Gasteiger partial charge is 0.248 e. The van der Waals surface area contributed by atoms with Crippen LogP contribution in [0.2, 0.25) is 0 Å². The van der Waals surface area contributed by atoms with Crippen molar-refractivity contribution in [3.63, 3.8) is 0 Å². The van der Waals surface area contributed by atoms with Crippen molar-refractivity contribution >= 4 is 16.8 Å². The number of aromatic nitrogens is 1. The summed E-state index contributed by atoms with van der Waals surface area (Å²) in [5.74, 6) is -1.31. The number of amides is 1. The van der Waals surface area contributed by atoms with Gasteiger partial charge in [-0.3, -0.25) is 14.7 Å². The van der Waals surface area contributed by atoms with Crippen LogP contribution in [-0.2, 0) is 9.53 Å². The fourth-order valence-electron chi connectivity index (χ4n) is 5.71. The highest BCUT2D eigenvalue weighted by molar-refractivity contribution is 5.84. The number of morpholine rings is 1. The molecule has 3 heterocycles. The zero-order valence-electron chi connectivity index (χ0n) is 20.0. The average Bonchev–Trinajstić information content (AvgIpc) is 3.74. The number of ether oxygens (including phenoxy) is 1. The second kappa shape index (κ2) is 9.18. The van der Waals surface area contributed by atoms with Crippen molar-refractivity contribution in [3.8, 4) is 11.1 Å². The number of nitrogens with zero attached hydrogens (tertiary/aromatic N) is 3. The summed E-state index contributed by atoms with van der Waals surface area (Å²) in [4.78, 5) is 20.4. The van der Waals surface area contributed by atoms with Crippen molar-refractivity contribution in [1.82, 2.24) is 14.8 Å². The van der Waals surface area contributed by atoms with Gasteiger partial charge in [0, 0.05) is 36.3 Å². The highest BCUT2D eigenvalue weighted by Gasteiger charge is 2.47. The third kappa shape index (κ3) is 4.27. The van der Waals surface area contributed by atoms with E-state index in [1.165, 1.54) is 12.1 Å². The lowest BCUT2D eigenvalue weighted by atomic mass is 9.87. The molecule has 1 aromatic heterocycles. The van der Waals surface area contributed by atoms with Crippen LogP contribution in [0.25, 0.3) is 22.0 Å². The Morgan fingerprint density at radius 1 is 1.08 bits per heavy atom. The second-order valence-corrected chi connectivity index (χ2v) is 10.2. The highest BCUT2D eigenvalue weighted by atomic mass is 19.1. The van der Waals surface area contributed by atoms with E-state index in [9.17, 15) is 9.90 Å². The molecule has 3 fully saturated rings. The molecule has 1 aliphatic carbocycles. The zero-order valence-corrected chi connectivity index (χ0v) is 20.0. The Balaban J connectivity index is 1.21. The third-order valence-electron chi connectivity index (χ3n) is 7.94. The molecule has 2 aromatic carbocycles. The first kappa shape index (κ1) is 23.5. The molecule has 6 rings (SSSR count). The maximum absolute atomic E-state index is 15.4. The van der Waals surface area contributed by atoms with Gasteiger partial charge in [0.25, 0.3) is 0 Å². The first-order chi connectivity index (χ1) is 17.5. The number of hydrogen-bond acceptors (Lipinski definition) is 5. The summed E-state index contributed by atoms with van der Waals surface area (Å²) in [5.41, 5.74) is 1.32. The van der Waals surface area contributed by atoms with Gasteiger partial charge in [-0.05, 0) is 61.1 Å². The first-order valence-electron chi connectivity index (χ1n) is 12.6. The lowest BCUT2D eigenvalue weighted by Crippen LogP contribution is -2.59. The van der Waals surface area contributed by atoms with Crippen molar-refractivity contribution in [2.24, 2.45) is 0 Å². The number of piperidine rings is 1. The number of benzene rings is 2. The number of aliphatic hydroxyl groups is 1. The molecular formula is C28H29F2N3O3. The number of fused-ring (bicyclic) bond motifs is 1. The quantitative estimate of drug-likeness (QED) is 0.581. The third-order valence-corrected chi connectivity index (χ3v) is 7.94. The fourth-order valence-corrected chi connectivity index (χ4v) is 5.71. The summed E-state index contributed by atoms with van der Waals surface area (Å²) >= 11 is 0. The number of carbonyl (C=O) groups is 1. The Kier molecular flexibility index (Phi) is 5.98. The normalized spacial score (nSPS) is 21.3. The molecule has 3 aliphatic rings. The van der Waals surface area contributed by atoms with Crippen LogP contribution in [0.5, 0.6) is 0 Å².